The maximum atomic E-state index is 6.06. The molecule has 1 aromatic rings. The van der Waals surface area contributed by atoms with Gasteiger partial charge in [0, 0.05) is 17.5 Å². The molecule has 86 valence electrons. The molecule has 15 heavy (non-hydrogen) atoms. The summed E-state index contributed by atoms with van der Waals surface area (Å²) in [6.07, 6.45) is 3.80. The van der Waals surface area contributed by atoms with Gasteiger partial charge in [-0.15, -0.1) is 11.3 Å². The lowest BCUT2D eigenvalue weighted by Crippen LogP contribution is -2.33. The van der Waals surface area contributed by atoms with Crippen LogP contribution < -0.4 is 11.1 Å². The van der Waals surface area contributed by atoms with Gasteiger partial charge < -0.3 is 11.1 Å². The molecular formula is C12H22N2S. The van der Waals surface area contributed by atoms with Crippen molar-refractivity contribution >= 4 is 11.3 Å². The van der Waals surface area contributed by atoms with Crippen molar-refractivity contribution in [3.05, 3.63) is 22.4 Å². The van der Waals surface area contributed by atoms with Crippen molar-refractivity contribution in [1.29, 1.82) is 0 Å². The minimum Gasteiger partial charge on any atom is -0.322 e. The third-order valence-corrected chi connectivity index (χ3v) is 3.59. The van der Waals surface area contributed by atoms with Gasteiger partial charge in [0.15, 0.2) is 0 Å². The van der Waals surface area contributed by atoms with Gasteiger partial charge in [-0.1, -0.05) is 25.8 Å². The second-order valence-electron chi connectivity index (χ2n) is 4.07. The molecule has 0 aliphatic heterocycles. The van der Waals surface area contributed by atoms with Crippen molar-refractivity contribution < 1.29 is 0 Å². The Balaban J connectivity index is 2.19. The van der Waals surface area contributed by atoms with Crippen LogP contribution in [0.2, 0.25) is 0 Å². The van der Waals surface area contributed by atoms with E-state index in [2.05, 4.69) is 36.7 Å². The Morgan fingerprint density at radius 2 is 2.33 bits per heavy atom. The first-order valence-corrected chi connectivity index (χ1v) is 6.64. The first-order chi connectivity index (χ1) is 7.24. The molecule has 0 radical (unpaired) electrons. The van der Waals surface area contributed by atoms with E-state index < -0.39 is 0 Å². The molecule has 1 rings (SSSR count). The lowest BCUT2D eigenvalue weighted by atomic mass is 10.1. The van der Waals surface area contributed by atoms with Gasteiger partial charge in [-0.05, 0) is 24.8 Å². The molecule has 1 aromatic heterocycles. The highest BCUT2D eigenvalue weighted by atomic mass is 32.1. The Kier molecular flexibility index (Phi) is 5.91. The van der Waals surface area contributed by atoms with Crippen molar-refractivity contribution in [2.75, 3.05) is 6.54 Å². The molecule has 0 saturated heterocycles. The topological polar surface area (TPSA) is 38.0 Å². The van der Waals surface area contributed by atoms with E-state index >= 15 is 0 Å². The molecule has 0 bridgehead atoms. The highest BCUT2D eigenvalue weighted by Crippen LogP contribution is 2.16. The number of nitrogens with one attached hydrogen (secondary N) is 1. The van der Waals surface area contributed by atoms with E-state index in [4.69, 9.17) is 5.73 Å². The average molecular weight is 226 g/mol. The first-order valence-electron chi connectivity index (χ1n) is 5.76. The number of nitrogens with two attached hydrogens (primary N) is 1. The quantitative estimate of drug-likeness (QED) is 0.750. The number of hydrogen-bond donors (Lipinski definition) is 2. The van der Waals surface area contributed by atoms with Crippen LogP contribution in [0.15, 0.2) is 17.5 Å². The third kappa shape index (κ3) is 4.78. The summed E-state index contributed by atoms with van der Waals surface area (Å²) in [5.74, 6) is 0. The summed E-state index contributed by atoms with van der Waals surface area (Å²) >= 11 is 1.74. The predicted octanol–water partition coefficient (Wildman–Crippen LogP) is 2.92. The molecule has 2 atom stereocenters. The van der Waals surface area contributed by atoms with E-state index in [9.17, 15) is 0 Å². The second kappa shape index (κ2) is 6.99. The normalized spacial score (nSPS) is 15.1. The van der Waals surface area contributed by atoms with E-state index in [0.29, 0.717) is 6.04 Å². The number of thiophene rings is 1. The van der Waals surface area contributed by atoms with Crippen LogP contribution >= 0.6 is 11.3 Å². The zero-order chi connectivity index (χ0) is 11.1. The van der Waals surface area contributed by atoms with Crippen molar-refractivity contribution in [2.24, 2.45) is 5.73 Å². The molecule has 0 aliphatic carbocycles. The first kappa shape index (κ1) is 12.7. The monoisotopic (exact) mass is 226 g/mol. The lowest BCUT2D eigenvalue weighted by Gasteiger charge is -2.16. The molecular weight excluding hydrogens is 204 g/mol. The molecule has 1 heterocycles. The Hall–Kier alpha value is -0.380. The van der Waals surface area contributed by atoms with Gasteiger partial charge in [0.25, 0.3) is 0 Å². The number of rotatable bonds is 7. The largest absolute Gasteiger partial charge is 0.322 e. The fourth-order valence-corrected chi connectivity index (χ4v) is 2.27. The van der Waals surface area contributed by atoms with Crippen LogP contribution in [-0.4, -0.2) is 12.6 Å². The molecule has 3 heteroatoms. The van der Waals surface area contributed by atoms with Crippen LogP contribution in [0.5, 0.6) is 0 Å². The van der Waals surface area contributed by atoms with Crippen LogP contribution in [0.25, 0.3) is 0 Å². The van der Waals surface area contributed by atoms with Gasteiger partial charge in [0.2, 0.25) is 0 Å². The maximum absolute atomic E-state index is 6.06. The van der Waals surface area contributed by atoms with Crippen LogP contribution in [-0.2, 0) is 0 Å². The van der Waals surface area contributed by atoms with Gasteiger partial charge in [0.05, 0.1) is 6.04 Å². The molecule has 0 saturated carbocycles. The smallest absolute Gasteiger partial charge is 0.0516 e. The molecule has 0 aromatic carbocycles. The van der Waals surface area contributed by atoms with Crippen LogP contribution in [0.4, 0.5) is 0 Å². The summed E-state index contributed by atoms with van der Waals surface area (Å²) in [6.45, 7) is 5.34. The Bertz CT molecular complexity index is 246. The lowest BCUT2D eigenvalue weighted by molar-refractivity contribution is 0.474. The molecule has 2 unspecified atom stereocenters. The van der Waals surface area contributed by atoms with E-state index in [-0.39, 0.29) is 6.04 Å². The highest BCUT2D eigenvalue weighted by molar-refractivity contribution is 7.10. The number of unbranched alkanes of at least 4 members (excludes halogenated alkanes) is 1. The summed E-state index contributed by atoms with van der Waals surface area (Å²) in [7, 11) is 0. The second-order valence-corrected chi connectivity index (χ2v) is 5.05. The zero-order valence-electron chi connectivity index (χ0n) is 9.70. The van der Waals surface area contributed by atoms with Crippen LogP contribution in [0, 0.1) is 0 Å². The third-order valence-electron chi connectivity index (χ3n) is 2.59. The fraction of sp³-hybridized carbons (Fsp3) is 0.667. The van der Waals surface area contributed by atoms with Crippen LogP contribution in [0.1, 0.15) is 44.0 Å². The van der Waals surface area contributed by atoms with E-state index in [0.717, 1.165) is 6.54 Å². The highest BCUT2D eigenvalue weighted by Gasteiger charge is 2.08. The minimum atomic E-state index is 0.147. The fourth-order valence-electron chi connectivity index (χ4n) is 1.54. The molecule has 0 spiro atoms. The molecule has 0 fully saturated rings. The van der Waals surface area contributed by atoms with Gasteiger partial charge in [-0.2, -0.15) is 0 Å². The predicted molar refractivity (Wildman–Crippen MR) is 68.2 cm³/mol. The average Bonchev–Trinajstić information content (AvgIpc) is 2.76. The standard InChI is InChI=1S/C12H22N2S/c1-3-4-6-10(2)14-9-11(13)12-7-5-8-15-12/h5,7-8,10-11,14H,3-4,6,9,13H2,1-2H3. The van der Waals surface area contributed by atoms with Crippen molar-refractivity contribution in [3.8, 4) is 0 Å². The Labute approximate surface area is 96.9 Å². The van der Waals surface area contributed by atoms with Crippen molar-refractivity contribution in [1.82, 2.24) is 5.32 Å². The van der Waals surface area contributed by atoms with E-state index in [1.54, 1.807) is 11.3 Å². The number of hydrogen-bond acceptors (Lipinski definition) is 3. The van der Waals surface area contributed by atoms with Gasteiger partial charge >= 0.3 is 0 Å². The summed E-state index contributed by atoms with van der Waals surface area (Å²) < 4.78 is 0. The Morgan fingerprint density at radius 1 is 1.53 bits per heavy atom. The molecule has 2 nitrogen and oxygen atoms in total. The Morgan fingerprint density at radius 3 is 2.93 bits per heavy atom. The SMILES string of the molecule is CCCCC(C)NCC(N)c1cccs1. The zero-order valence-corrected chi connectivity index (χ0v) is 10.5. The van der Waals surface area contributed by atoms with Gasteiger partial charge in [0.1, 0.15) is 0 Å². The molecule has 3 N–H and O–H groups in total. The van der Waals surface area contributed by atoms with Crippen molar-refractivity contribution in [2.45, 2.75) is 45.2 Å². The summed E-state index contributed by atoms with van der Waals surface area (Å²) in [5, 5.41) is 5.57. The van der Waals surface area contributed by atoms with Gasteiger partial charge in [-0.25, -0.2) is 0 Å². The molecule has 0 amide bonds. The summed E-state index contributed by atoms with van der Waals surface area (Å²) in [6, 6.07) is 4.89. The van der Waals surface area contributed by atoms with Crippen molar-refractivity contribution in [3.63, 3.8) is 0 Å². The van der Waals surface area contributed by atoms with Gasteiger partial charge in [-0.3, -0.25) is 0 Å². The van der Waals surface area contributed by atoms with E-state index in [1.165, 1.54) is 24.1 Å². The summed E-state index contributed by atoms with van der Waals surface area (Å²) in [5.41, 5.74) is 6.06. The van der Waals surface area contributed by atoms with E-state index in [1.807, 2.05) is 0 Å². The summed E-state index contributed by atoms with van der Waals surface area (Å²) in [4.78, 5) is 1.27. The minimum absolute atomic E-state index is 0.147. The maximum Gasteiger partial charge on any atom is 0.0516 e. The molecule has 0 aliphatic rings. The van der Waals surface area contributed by atoms with Crippen LogP contribution in [0.3, 0.4) is 0 Å².